The van der Waals surface area contributed by atoms with Gasteiger partial charge >= 0.3 is 0 Å². The molecule has 3 heterocycles. The lowest BCUT2D eigenvalue weighted by atomic mass is 9.98. The van der Waals surface area contributed by atoms with E-state index in [9.17, 15) is 4.79 Å². The summed E-state index contributed by atoms with van der Waals surface area (Å²) in [5.74, 6) is 2.47. The van der Waals surface area contributed by atoms with Gasteiger partial charge in [-0.2, -0.15) is 0 Å². The van der Waals surface area contributed by atoms with Crippen molar-refractivity contribution < 1.29 is 9.53 Å². The molecule has 0 unspecified atom stereocenters. The van der Waals surface area contributed by atoms with Crippen molar-refractivity contribution in [3.63, 3.8) is 0 Å². The molecule has 2 aromatic carbocycles. The first-order valence-electron chi connectivity index (χ1n) is 12.0. The summed E-state index contributed by atoms with van der Waals surface area (Å²) in [4.78, 5) is 25.2. The third kappa shape index (κ3) is 4.47. The molecule has 172 valence electrons. The van der Waals surface area contributed by atoms with Gasteiger partial charge in [0.05, 0.1) is 18.2 Å². The average Bonchev–Trinajstić information content (AvgIpc) is 2.88. The SMILES string of the molecule is COc1ccc(N2CCN(c3cc(C(=O)N4CCC[C@H](C)C4)c4ccccc4n3)CC2)cc1. The number of pyridine rings is 1. The zero-order valence-electron chi connectivity index (χ0n) is 19.5. The van der Waals surface area contributed by atoms with Gasteiger partial charge in [-0.25, -0.2) is 4.98 Å². The number of piperidine rings is 1. The minimum atomic E-state index is 0.137. The summed E-state index contributed by atoms with van der Waals surface area (Å²) in [5, 5.41) is 0.946. The lowest BCUT2D eigenvalue weighted by molar-refractivity contribution is 0.0685. The minimum absolute atomic E-state index is 0.137. The number of benzene rings is 2. The third-order valence-corrected chi connectivity index (χ3v) is 6.92. The molecule has 0 spiro atoms. The summed E-state index contributed by atoms with van der Waals surface area (Å²) in [7, 11) is 1.69. The van der Waals surface area contributed by atoms with Crippen molar-refractivity contribution in [2.24, 2.45) is 5.92 Å². The van der Waals surface area contributed by atoms with Crippen LogP contribution in [0.15, 0.2) is 54.6 Å². The number of hydrogen-bond donors (Lipinski definition) is 0. The molecule has 6 heteroatoms. The lowest BCUT2D eigenvalue weighted by Crippen LogP contribution is -2.47. The number of carbonyl (C=O) groups excluding carboxylic acids is 1. The first-order chi connectivity index (χ1) is 16.1. The third-order valence-electron chi connectivity index (χ3n) is 6.92. The van der Waals surface area contributed by atoms with Gasteiger partial charge in [-0.1, -0.05) is 25.1 Å². The molecule has 1 amide bonds. The van der Waals surface area contributed by atoms with Crippen LogP contribution in [0.1, 0.15) is 30.1 Å². The van der Waals surface area contributed by atoms with E-state index in [0.717, 1.165) is 73.7 Å². The summed E-state index contributed by atoms with van der Waals surface area (Å²) < 4.78 is 5.28. The highest BCUT2D eigenvalue weighted by atomic mass is 16.5. The molecular formula is C27H32N4O2. The van der Waals surface area contributed by atoms with Crippen LogP contribution in [0.25, 0.3) is 10.9 Å². The standard InChI is InChI=1S/C27H32N4O2/c1-20-6-5-13-31(19-20)27(32)24-18-26(28-25-8-4-3-7-23(24)25)30-16-14-29(15-17-30)21-9-11-22(33-2)12-10-21/h3-4,7-12,18,20H,5-6,13-17,19H2,1-2H3/t20-/m0/s1. The van der Waals surface area contributed by atoms with Crippen molar-refractivity contribution >= 4 is 28.3 Å². The van der Waals surface area contributed by atoms with Gasteiger partial charge in [0.25, 0.3) is 5.91 Å². The number of carbonyl (C=O) groups is 1. The van der Waals surface area contributed by atoms with E-state index >= 15 is 0 Å². The molecule has 0 N–H and O–H groups in total. The highest BCUT2D eigenvalue weighted by Crippen LogP contribution is 2.28. The molecule has 3 aromatic rings. The number of hydrogen-bond acceptors (Lipinski definition) is 5. The first-order valence-corrected chi connectivity index (χ1v) is 12.0. The van der Waals surface area contributed by atoms with Gasteiger partial charge in [0, 0.05) is 50.3 Å². The Morgan fingerprint density at radius 2 is 1.70 bits per heavy atom. The lowest BCUT2D eigenvalue weighted by Gasteiger charge is -2.37. The maximum absolute atomic E-state index is 13.5. The highest BCUT2D eigenvalue weighted by molar-refractivity contribution is 6.07. The molecule has 1 atom stereocenters. The fourth-order valence-corrected chi connectivity index (χ4v) is 5.03. The number of piperazine rings is 1. The molecule has 0 aliphatic carbocycles. The fraction of sp³-hybridized carbons (Fsp3) is 0.407. The Morgan fingerprint density at radius 3 is 2.42 bits per heavy atom. The van der Waals surface area contributed by atoms with E-state index < -0.39 is 0 Å². The van der Waals surface area contributed by atoms with Crippen LogP contribution < -0.4 is 14.5 Å². The van der Waals surface area contributed by atoms with Gasteiger partial charge in [0.2, 0.25) is 0 Å². The molecule has 2 fully saturated rings. The second kappa shape index (κ2) is 9.30. The molecule has 33 heavy (non-hydrogen) atoms. The van der Waals surface area contributed by atoms with Crippen LogP contribution in [-0.4, -0.2) is 62.2 Å². The number of fused-ring (bicyclic) bond motifs is 1. The number of nitrogens with zero attached hydrogens (tertiary/aromatic N) is 4. The zero-order valence-corrected chi connectivity index (χ0v) is 19.5. The van der Waals surface area contributed by atoms with E-state index in [2.05, 4.69) is 28.9 Å². The maximum atomic E-state index is 13.5. The Kier molecular flexibility index (Phi) is 6.07. The summed E-state index contributed by atoms with van der Waals surface area (Å²) >= 11 is 0. The van der Waals surface area contributed by atoms with Gasteiger partial charge < -0.3 is 19.4 Å². The molecule has 2 saturated heterocycles. The van der Waals surface area contributed by atoms with Crippen molar-refractivity contribution in [1.29, 1.82) is 0 Å². The Morgan fingerprint density at radius 1 is 0.970 bits per heavy atom. The molecule has 6 nitrogen and oxygen atoms in total. The maximum Gasteiger partial charge on any atom is 0.254 e. The van der Waals surface area contributed by atoms with Crippen molar-refractivity contribution in [3.8, 4) is 5.75 Å². The average molecular weight is 445 g/mol. The predicted molar refractivity (Wildman–Crippen MR) is 133 cm³/mol. The molecule has 2 aliphatic heterocycles. The van der Waals surface area contributed by atoms with E-state index in [4.69, 9.17) is 9.72 Å². The van der Waals surface area contributed by atoms with Crippen LogP contribution in [0.4, 0.5) is 11.5 Å². The first kappa shape index (κ1) is 21.6. The second-order valence-corrected chi connectivity index (χ2v) is 9.22. The quantitative estimate of drug-likeness (QED) is 0.595. The summed E-state index contributed by atoms with van der Waals surface area (Å²) in [6.45, 7) is 7.47. The molecular weight excluding hydrogens is 412 g/mol. The van der Waals surface area contributed by atoms with Crippen LogP contribution >= 0.6 is 0 Å². The fourth-order valence-electron chi connectivity index (χ4n) is 5.03. The van der Waals surface area contributed by atoms with Gasteiger partial charge in [-0.15, -0.1) is 0 Å². The number of methoxy groups -OCH3 is 1. The van der Waals surface area contributed by atoms with Crippen molar-refractivity contribution in [3.05, 3.63) is 60.2 Å². The van der Waals surface area contributed by atoms with Gasteiger partial charge in [-0.05, 0) is 55.2 Å². The second-order valence-electron chi connectivity index (χ2n) is 9.22. The van der Waals surface area contributed by atoms with Gasteiger partial charge in [0.1, 0.15) is 11.6 Å². The Hall–Kier alpha value is -3.28. The molecule has 0 saturated carbocycles. The number of likely N-dealkylation sites (tertiary alicyclic amines) is 1. The van der Waals surface area contributed by atoms with Crippen molar-refractivity contribution in [2.45, 2.75) is 19.8 Å². The van der Waals surface area contributed by atoms with E-state index in [1.54, 1.807) is 7.11 Å². The number of para-hydroxylation sites is 1. The van der Waals surface area contributed by atoms with E-state index in [-0.39, 0.29) is 5.91 Å². The topological polar surface area (TPSA) is 48.9 Å². The van der Waals surface area contributed by atoms with Crippen molar-refractivity contribution in [2.75, 3.05) is 56.2 Å². The Bertz CT molecular complexity index is 1120. The molecule has 2 aliphatic rings. The van der Waals surface area contributed by atoms with Crippen LogP contribution in [0.5, 0.6) is 5.75 Å². The number of rotatable bonds is 4. The van der Waals surface area contributed by atoms with Crippen LogP contribution in [0, 0.1) is 5.92 Å². The number of anilines is 2. The highest BCUT2D eigenvalue weighted by Gasteiger charge is 2.26. The summed E-state index contributed by atoms with van der Waals surface area (Å²) in [6.07, 6.45) is 2.28. The number of amides is 1. The van der Waals surface area contributed by atoms with Gasteiger partial charge in [0.15, 0.2) is 0 Å². The van der Waals surface area contributed by atoms with Crippen molar-refractivity contribution in [1.82, 2.24) is 9.88 Å². The Labute approximate surface area is 195 Å². The van der Waals surface area contributed by atoms with Crippen LogP contribution in [0.3, 0.4) is 0 Å². The van der Waals surface area contributed by atoms with Crippen LogP contribution in [0.2, 0.25) is 0 Å². The smallest absolute Gasteiger partial charge is 0.254 e. The molecule has 0 radical (unpaired) electrons. The molecule has 0 bridgehead atoms. The van der Waals surface area contributed by atoms with E-state index in [1.807, 2.05) is 47.4 Å². The van der Waals surface area contributed by atoms with Gasteiger partial charge in [-0.3, -0.25) is 4.79 Å². The van der Waals surface area contributed by atoms with E-state index in [0.29, 0.717) is 5.92 Å². The summed E-state index contributed by atoms with van der Waals surface area (Å²) in [5.41, 5.74) is 2.88. The normalized spacial score (nSPS) is 19.1. The zero-order chi connectivity index (χ0) is 22.8. The Balaban J connectivity index is 1.38. The number of aromatic nitrogens is 1. The van der Waals surface area contributed by atoms with Crippen LogP contribution in [-0.2, 0) is 0 Å². The van der Waals surface area contributed by atoms with E-state index in [1.165, 1.54) is 12.1 Å². The number of ether oxygens (including phenoxy) is 1. The monoisotopic (exact) mass is 444 g/mol. The summed E-state index contributed by atoms with van der Waals surface area (Å²) in [6, 6.07) is 18.3. The molecule has 5 rings (SSSR count). The minimum Gasteiger partial charge on any atom is -0.497 e. The largest absolute Gasteiger partial charge is 0.497 e. The molecule has 1 aromatic heterocycles. The predicted octanol–water partition coefficient (Wildman–Crippen LogP) is 4.44.